The van der Waals surface area contributed by atoms with Gasteiger partial charge in [-0.25, -0.2) is 0 Å². The lowest BCUT2D eigenvalue weighted by atomic mass is 10.2. The number of hydrogen-bond donors (Lipinski definition) is 1. The van der Waals surface area contributed by atoms with E-state index in [9.17, 15) is 9.59 Å². The molecule has 1 fully saturated rings. The third-order valence-electron chi connectivity index (χ3n) is 3.82. The van der Waals surface area contributed by atoms with Gasteiger partial charge >= 0.3 is 0 Å². The van der Waals surface area contributed by atoms with Gasteiger partial charge in [0, 0.05) is 43.9 Å². The van der Waals surface area contributed by atoms with Crippen LogP contribution in [0.2, 0.25) is 0 Å². The lowest BCUT2D eigenvalue weighted by Crippen LogP contribution is -2.47. The molecule has 3 rings (SSSR count). The van der Waals surface area contributed by atoms with E-state index in [0.717, 1.165) is 38.3 Å². The lowest BCUT2D eigenvalue weighted by molar-refractivity contribution is 0.0658. The molecule has 2 heterocycles. The van der Waals surface area contributed by atoms with E-state index in [-0.39, 0.29) is 11.7 Å². The number of fused-ring (bicyclic) bond motifs is 1. The molecule has 5 nitrogen and oxygen atoms in total. The van der Waals surface area contributed by atoms with Crippen LogP contribution in [-0.4, -0.2) is 59.7 Å². The summed E-state index contributed by atoms with van der Waals surface area (Å²) in [6.07, 6.45) is 1.31. The fourth-order valence-electron chi connectivity index (χ4n) is 2.61. The average Bonchev–Trinajstić information content (AvgIpc) is 2.92. The zero-order valence-corrected chi connectivity index (χ0v) is 10.5. The summed E-state index contributed by atoms with van der Waals surface area (Å²) in [7, 11) is 2.06. The van der Waals surface area contributed by atoms with Crippen LogP contribution in [0.15, 0.2) is 6.07 Å². The number of aryl methyl sites for hydroxylation is 1. The molecule has 0 unspecified atom stereocenters. The molecule has 1 saturated heterocycles. The van der Waals surface area contributed by atoms with Crippen molar-refractivity contribution in [3.8, 4) is 0 Å². The summed E-state index contributed by atoms with van der Waals surface area (Å²) in [5, 5.41) is 0. The number of carbonyl (C=O) groups is 2. The molecule has 5 heteroatoms. The zero-order chi connectivity index (χ0) is 12.7. The van der Waals surface area contributed by atoms with Gasteiger partial charge in [0.05, 0.1) is 0 Å². The maximum Gasteiger partial charge on any atom is 0.270 e. The monoisotopic (exact) mass is 247 g/mol. The van der Waals surface area contributed by atoms with Crippen LogP contribution in [0.25, 0.3) is 0 Å². The van der Waals surface area contributed by atoms with Crippen molar-refractivity contribution in [3.05, 3.63) is 23.0 Å². The van der Waals surface area contributed by atoms with Crippen molar-refractivity contribution in [3.63, 3.8) is 0 Å². The van der Waals surface area contributed by atoms with Gasteiger partial charge in [-0.3, -0.25) is 9.59 Å². The molecule has 1 amide bonds. The Bertz CT molecular complexity index is 498. The topological polar surface area (TPSA) is 56.4 Å². The third-order valence-corrected chi connectivity index (χ3v) is 3.82. The van der Waals surface area contributed by atoms with Crippen LogP contribution in [0.1, 0.15) is 33.0 Å². The molecule has 1 aliphatic carbocycles. The number of nitrogens with one attached hydrogen (secondary N) is 1. The van der Waals surface area contributed by atoms with E-state index in [0.29, 0.717) is 17.7 Å². The molecule has 18 heavy (non-hydrogen) atoms. The highest BCUT2D eigenvalue weighted by atomic mass is 16.2. The third kappa shape index (κ3) is 1.84. The van der Waals surface area contributed by atoms with Gasteiger partial charge < -0.3 is 14.8 Å². The Hall–Kier alpha value is -1.62. The van der Waals surface area contributed by atoms with Crippen molar-refractivity contribution >= 4 is 11.7 Å². The maximum atomic E-state index is 12.3. The second kappa shape index (κ2) is 4.24. The number of aromatic amines is 1. The van der Waals surface area contributed by atoms with Gasteiger partial charge in [0.1, 0.15) is 5.69 Å². The molecule has 0 bridgehead atoms. The molecule has 0 atom stereocenters. The van der Waals surface area contributed by atoms with Crippen molar-refractivity contribution in [2.24, 2.45) is 0 Å². The van der Waals surface area contributed by atoms with E-state index < -0.39 is 0 Å². The Labute approximate surface area is 106 Å². The molecule has 2 aliphatic rings. The van der Waals surface area contributed by atoms with Gasteiger partial charge in [-0.15, -0.1) is 0 Å². The predicted molar refractivity (Wildman–Crippen MR) is 66.8 cm³/mol. The first-order chi connectivity index (χ1) is 8.65. The Kier molecular flexibility index (Phi) is 2.70. The number of nitrogens with zero attached hydrogens (tertiary/aromatic N) is 2. The quantitative estimate of drug-likeness (QED) is 0.787. The van der Waals surface area contributed by atoms with Crippen LogP contribution in [0, 0.1) is 0 Å². The lowest BCUT2D eigenvalue weighted by Gasteiger charge is -2.32. The van der Waals surface area contributed by atoms with E-state index in [2.05, 4.69) is 16.9 Å². The van der Waals surface area contributed by atoms with Crippen LogP contribution in [0.5, 0.6) is 0 Å². The van der Waals surface area contributed by atoms with E-state index >= 15 is 0 Å². The number of hydrogen-bond acceptors (Lipinski definition) is 3. The van der Waals surface area contributed by atoms with Crippen molar-refractivity contribution in [1.29, 1.82) is 0 Å². The summed E-state index contributed by atoms with van der Waals surface area (Å²) >= 11 is 0. The Morgan fingerprint density at radius 1 is 1.22 bits per heavy atom. The standard InChI is InChI=1S/C13H17N3O2/c1-15-4-6-16(7-5-15)13(18)11-8-9-10(14-11)2-3-12(9)17/h8,14H,2-7H2,1H3. The highest BCUT2D eigenvalue weighted by Crippen LogP contribution is 2.23. The van der Waals surface area contributed by atoms with Crippen molar-refractivity contribution in [1.82, 2.24) is 14.8 Å². The first kappa shape index (κ1) is 11.5. The van der Waals surface area contributed by atoms with Crippen LogP contribution >= 0.6 is 0 Å². The number of piperazine rings is 1. The number of rotatable bonds is 1. The highest BCUT2D eigenvalue weighted by Gasteiger charge is 2.27. The van der Waals surface area contributed by atoms with E-state index in [1.165, 1.54) is 0 Å². The summed E-state index contributed by atoms with van der Waals surface area (Å²) in [5.74, 6) is 0.170. The number of carbonyl (C=O) groups excluding carboxylic acids is 2. The molecule has 1 aliphatic heterocycles. The summed E-state index contributed by atoms with van der Waals surface area (Å²) in [4.78, 5) is 31.0. The van der Waals surface area contributed by atoms with Crippen molar-refractivity contribution in [2.75, 3.05) is 33.2 Å². The minimum atomic E-state index is 0.0188. The molecular weight excluding hydrogens is 230 g/mol. The normalized spacial score (nSPS) is 20.3. The SMILES string of the molecule is CN1CCN(C(=O)c2cc3c([nH]2)CCC3=O)CC1. The Morgan fingerprint density at radius 2 is 1.94 bits per heavy atom. The molecule has 1 aromatic heterocycles. The van der Waals surface area contributed by atoms with Crippen LogP contribution < -0.4 is 0 Å². The number of likely N-dealkylation sites (N-methyl/N-ethyl adjacent to an activating group) is 1. The van der Waals surface area contributed by atoms with E-state index in [1.807, 2.05) is 4.90 Å². The van der Waals surface area contributed by atoms with Gasteiger partial charge in [0.15, 0.2) is 5.78 Å². The van der Waals surface area contributed by atoms with Gasteiger partial charge in [-0.05, 0) is 19.5 Å². The predicted octanol–water partition coefficient (Wildman–Crippen LogP) is 0.531. The smallest absolute Gasteiger partial charge is 0.270 e. The molecule has 0 spiro atoms. The fraction of sp³-hybridized carbons (Fsp3) is 0.538. The first-order valence-electron chi connectivity index (χ1n) is 6.38. The second-order valence-electron chi connectivity index (χ2n) is 5.09. The Morgan fingerprint density at radius 3 is 2.61 bits per heavy atom. The number of amides is 1. The zero-order valence-electron chi connectivity index (χ0n) is 10.5. The van der Waals surface area contributed by atoms with Crippen LogP contribution in [0.4, 0.5) is 0 Å². The summed E-state index contributed by atoms with van der Waals surface area (Å²) < 4.78 is 0. The average molecular weight is 247 g/mol. The van der Waals surface area contributed by atoms with Crippen molar-refractivity contribution in [2.45, 2.75) is 12.8 Å². The minimum Gasteiger partial charge on any atom is -0.354 e. The van der Waals surface area contributed by atoms with Gasteiger partial charge in [0.2, 0.25) is 0 Å². The fourth-order valence-corrected chi connectivity index (χ4v) is 2.61. The largest absolute Gasteiger partial charge is 0.354 e. The molecule has 0 saturated carbocycles. The molecule has 0 aromatic carbocycles. The molecule has 1 N–H and O–H groups in total. The summed E-state index contributed by atoms with van der Waals surface area (Å²) in [6, 6.07) is 1.73. The van der Waals surface area contributed by atoms with Crippen LogP contribution in [0.3, 0.4) is 0 Å². The number of aromatic nitrogens is 1. The van der Waals surface area contributed by atoms with E-state index in [1.54, 1.807) is 6.07 Å². The molecular formula is C13H17N3O2. The highest BCUT2D eigenvalue weighted by molar-refractivity contribution is 6.03. The summed E-state index contributed by atoms with van der Waals surface area (Å²) in [5.41, 5.74) is 2.21. The van der Waals surface area contributed by atoms with Gasteiger partial charge in [0.25, 0.3) is 5.91 Å². The van der Waals surface area contributed by atoms with Gasteiger partial charge in [-0.2, -0.15) is 0 Å². The first-order valence-corrected chi connectivity index (χ1v) is 6.38. The molecule has 96 valence electrons. The van der Waals surface area contributed by atoms with E-state index in [4.69, 9.17) is 0 Å². The number of ketones is 1. The maximum absolute atomic E-state index is 12.3. The van der Waals surface area contributed by atoms with Gasteiger partial charge in [-0.1, -0.05) is 0 Å². The number of H-pyrrole nitrogens is 1. The second-order valence-corrected chi connectivity index (χ2v) is 5.09. The van der Waals surface area contributed by atoms with Crippen LogP contribution in [-0.2, 0) is 6.42 Å². The minimum absolute atomic E-state index is 0.0188. The molecule has 0 radical (unpaired) electrons. The summed E-state index contributed by atoms with van der Waals surface area (Å²) in [6.45, 7) is 3.33. The molecule has 1 aromatic rings. The van der Waals surface area contributed by atoms with Crippen molar-refractivity contribution < 1.29 is 9.59 Å². The Balaban J connectivity index is 1.77. The number of Topliss-reactive ketones (excluding diaryl/α,β-unsaturated/α-hetero) is 1.